The van der Waals surface area contributed by atoms with Gasteiger partial charge in [-0.1, -0.05) is 18.2 Å². The number of likely N-dealkylation sites (tertiary alicyclic amines) is 1. The number of aliphatic hydroxyl groups is 1. The second kappa shape index (κ2) is 12.2. The van der Waals surface area contributed by atoms with Crippen LogP contribution in [0.15, 0.2) is 54.9 Å². The Morgan fingerprint density at radius 3 is 2.69 bits per heavy atom. The molecule has 8 heteroatoms. The molecule has 4 rings (SSSR count). The van der Waals surface area contributed by atoms with Crippen LogP contribution in [-0.4, -0.2) is 58.6 Å². The van der Waals surface area contributed by atoms with E-state index >= 15 is 0 Å². The zero-order chi connectivity index (χ0) is 25.4. The fourth-order valence-corrected chi connectivity index (χ4v) is 4.56. The predicted octanol–water partition coefficient (Wildman–Crippen LogP) is 4.60. The lowest BCUT2D eigenvalue weighted by Gasteiger charge is -2.27. The summed E-state index contributed by atoms with van der Waals surface area (Å²) in [5.74, 6) is 2.22. The van der Waals surface area contributed by atoms with Crippen molar-refractivity contribution < 1.29 is 23.7 Å². The number of nitrogens with zero attached hydrogens (tertiary/aromatic N) is 3. The molecule has 0 radical (unpaired) electrons. The van der Waals surface area contributed by atoms with Crippen molar-refractivity contribution in [3.63, 3.8) is 0 Å². The van der Waals surface area contributed by atoms with Crippen molar-refractivity contribution in [2.45, 2.75) is 51.3 Å². The van der Waals surface area contributed by atoms with Crippen LogP contribution in [0.1, 0.15) is 37.1 Å². The smallest absolute Gasteiger partial charge is 0.165 e. The number of halogens is 1. The van der Waals surface area contributed by atoms with E-state index in [-0.39, 0.29) is 12.4 Å². The molecule has 1 saturated heterocycles. The SMILES string of the molecule is COc1ccc(CN2CCCC(O)(COc3ccccc3F)CC2)cc1OCCCn1ccnc1C. The highest BCUT2D eigenvalue weighted by molar-refractivity contribution is 5.43. The standard InChI is InChI=1S/C28H36FN3O4/c1-22-30-13-17-32(22)15-6-18-35-27-19-23(9-10-26(27)34-2)20-31-14-5-11-28(33,12-16-31)21-36-25-8-4-3-7-24(25)29/h3-4,7-10,13,17,19,33H,5-6,11-12,14-16,18,20-21H2,1-2H3. The maximum absolute atomic E-state index is 13.9. The van der Waals surface area contributed by atoms with Crippen LogP contribution in [0.5, 0.6) is 17.2 Å². The first-order valence-electron chi connectivity index (χ1n) is 12.6. The topological polar surface area (TPSA) is 69.0 Å². The molecule has 0 amide bonds. The van der Waals surface area contributed by atoms with E-state index in [0.717, 1.165) is 56.2 Å². The van der Waals surface area contributed by atoms with Crippen molar-refractivity contribution >= 4 is 0 Å². The first-order chi connectivity index (χ1) is 17.5. The molecule has 0 aliphatic carbocycles. The maximum Gasteiger partial charge on any atom is 0.165 e. The number of aryl methyl sites for hydroxylation is 2. The van der Waals surface area contributed by atoms with E-state index in [1.54, 1.807) is 25.3 Å². The number of benzene rings is 2. The third-order valence-corrected chi connectivity index (χ3v) is 6.70. The summed E-state index contributed by atoms with van der Waals surface area (Å²) in [5.41, 5.74) is 0.156. The van der Waals surface area contributed by atoms with Gasteiger partial charge >= 0.3 is 0 Å². The summed E-state index contributed by atoms with van der Waals surface area (Å²) in [5, 5.41) is 11.1. The Labute approximate surface area is 212 Å². The largest absolute Gasteiger partial charge is 0.493 e. The number of methoxy groups -OCH3 is 1. The van der Waals surface area contributed by atoms with Gasteiger partial charge in [0.05, 0.1) is 19.3 Å². The highest BCUT2D eigenvalue weighted by Gasteiger charge is 2.31. The van der Waals surface area contributed by atoms with Crippen LogP contribution in [0.25, 0.3) is 0 Å². The molecule has 1 unspecified atom stereocenters. The van der Waals surface area contributed by atoms with Gasteiger partial charge in [-0.25, -0.2) is 9.37 Å². The van der Waals surface area contributed by atoms with Crippen LogP contribution >= 0.6 is 0 Å². The van der Waals surface area contributed by atoms with Gasteiger partial charge in [-0.3, -0.25) is 4.90 Å². The summed E-state index contributed by atoms with van der Waals surface area (Å²) >= 11 is 0. The molecule has 0 bridgehead atoms. The monoisotopic (exact) mass is 497 g/mol. The quantitative estimate of drug-likeness (QED) is 0.391. The lowest BCUT2D eigenvalue weighted by atomic mass is 9.96. The molecule has 1 aromatic heterocycles. The van der Waals surface area contributed by atoms with Crippen molar-refractivity contribution in [1.29, 1.82) is 0 Å². The lowest BCUT2D eigenvalue weighted by Crippen LogP contribution is -2.37. The Morgan fingerprint density at radius 1 is 1.06 bits per heavy atom. The van der Waals surface area contributed by atoms with Crippen molar-refractivity contribution in [2.24, 2.45) is 0 Å². The Hall–Kier alpha value is -3.10. The third kappa shape index (κ3) is 6.98. The van der Waals surface area contributed by atoms with E-state index in [9.17, 15) is 9.50 Å². The number of hydrogen-bond donors (Lipinski definition) is 1. The van der Waals surface area contributed by atoms with Gasteiger partial charge in [-0.2, -0.15) is 0 Å². The fourth-order valence-electron chi connectivity index (χ4n) is 4.56. The Balaban J connectivity index is 1.29. The highest BCUT2D eigenvalue weighted by atomic mass is 19.1. The third-order valence-electron chi connectivity index (χ3n) is 6.70. The van der Waals surface area contributed by atoms with Crippen LogP contribution in [0.3, 0.4) is 0 Å². The Kier molecular flexibility index (Phi) is 8.83. The average Bonchev–Trinajstić information content (AvgIpc) is 3.19. The second-order valence-electron chi connectivity index (χ2n) is 9.43. The number of para-hydroxylation sites is 1. The summed E-state index contributed by atoms with van der Waals surface area (Å²) in [4.78, 5) is 6.58. The van der Waals surface area contributed by atoms with E-state index in [1.807, 2.05) is 31.5 Å². The molecule has 0 saturated carbocycles. The predicted molar refractivity (Wildman–Crippen MR) is 136 cm³/mol. The number of imidazole rings is 1. The minimum absolute atomic E-state index is 0.0842. The molecule has 194 valence electrons. The molecule has 36 heavy (non-hydrogen) atoms. The number of hydrogen-bond acceptors (Lipinski definition) is 6. The molecular formula is C28H36FN3O4. The number of ether oxygens (including phenoxy) is 3. The van der Waals surface area contributed by atoms with Gasteiger partial charge in [0.15, 0.2) is 23.1 Å². The summed E-state index contributed by atoms with van der Waals surface area (Å²) in [6.45, 7) is 5.85. The van der Waals surface area contributed by atoms with Gasteiger partial charge in [-0.05, 0) is 69.0 Å². The van der Waals surface area contributed by atoms with Gasteiger partial charge in [0.1, 0.15) is 12.4 Å². The molecule has 3 aromatic rings. The summed E-state index contributed by atoms with van der Waals surface area (Å²) < 4.78 is 33.2. The number of rotatable bonds is 11. The Morgan fingerprint density at radius 2 is 1.92 bits per heavy atom. The van der Waals surface area contributed by atoms with Gasteiger partial charge in [0, 0.05) is 32.0 Å². The van der Waals surface area contributed by atoms with Crippen LogP contribution in [0.2, 0.25) is 0 Å². The number of aromatic nitrogens is 2. The van der Waals surface area contributed by atoms with Crippen molar-refractivity contribution in [1.82, 2.24) is 14.5 Å². The molecule has 1 aliphatic heterocycles. The lowest BCUT2D eigenvalue weighted by molar-refractivity contribution is -0.0177. The highest BCUT2D eigenvalue weighted by Crippen LogP contribution is 2.30. The summed E-state index contributed by atoms with van der Waals surface area (Å²) in [7, 11) is 1.65. The van der Waals surface area contributed by atoms with Crippen molar-refractivity contribution in [3.8, 4) is 17.2 Å². The normalized spacial score (nSPS) is 18.6. The van der Waals surface area contributed by atoms with Crippen molar-refractivity contribution in [2.75, 3.05) is 33.4 Å². The summed E-state index contributed by atoms with van der Waals surface area (Å²) in [6, 6.07) is 12.3. The molecular weight excluding hydrogens is 461 g/mol. The van der Waals surface area contributed by atoms with E-state index in [0.29, 0.717) is 25.2 Å². The molecule has 7 nitrogen and oxygen atoms in total. The zero-order valence-corrected chi connectivity index (χ0v) is 21.2. The fraction of sp³-hybridized carbons (Fsp3) is 0.464. The molecule has 2 aromatic carbocycles. The van der Waals surface area contributed by atoms with Gasteiger partial charge in [0.2, 0.25) is 0 Å². The summed E-state index contributed by atoms with van der Waals surface area (Å²) in [6.07, 6.45) is 6.67. The molecule has 1 N–H and O–H groups in total. The molecule has 1 atom stereocenters. The first kappa shape index (κ1) is 26.0. The van der Waals surface area contributed by atoms with E-state index in [2.05, 4.69) is 20.5 Å². The van der Waals surface area contributed by atoms with E-state index in [4.69, 9.17) is 14.2 Å². The zero-order valence-electron chi connectivity index (χ0n) is 21.2. The van der Waals surface area contributed by atoms with Gasteiger partial charge in [0.25, 0.3) is 0 Å². The van der Waals surface area contributed by atoms with Gasteiger partial charge in [-0.15, -0.1) is 0 Å². The first-order valence-corrected chi connectivity index (χ1v) is 12.6. The van der Waals surface area contributed by atoms with Crippen LogP contribution in [-0.2, 0) is 13.1 Å². The van der Waals surface area contributed by atoms with Crippen molar-refractivity contribution in [3.05, 3.63) is 72.1 Å². The molecule has 1 fully saturated rings. The molecule has 1 aliphatic rings. The van der Waals surface area contributed by atoms with Gasteiger partial charge < -0.3 is 23.9 Å². The molecule has 0 spiro atoms. The van der Waals surface area contributed by atoms with E-state index in [1.165, 1.54) is 6.07 Å². The maximum atomic E-state index is 13.9. The minimum atomic E-state index is -0.973. The van der Waals surface area contributed by atoms with E-state index < -0.39 is 11.4 Å². The average molecular weight is 498 g/mol. The minimum Gasteiger partial charge on any atom is -0.493 e. The van der Waals surface area contributed by atoms with Crippen LogP contribution in [0.4, 0.5) is 4.39 Å². The second-order valence-corrected chi connectivity index (χ2v) is 9.43. The molecule has 2 heterocycles. The van der Waals surface area contributed by atoms with Crippen LogP contribution < -0.4 is 14.2 Å². The Bertz CT molecular complexity index is 1120. The van der Waals surface area contributed by atoms with Crippen LogP contribution in [0, 0.1) is 12.7 Å².